The van der Waals surface area contributed by atoms with Crippen LogP contribution in [0.5, 0.6) is 0 Å². The van der Waals surface area contributed by atoms with Crippen LogP contribution in [0.25, 0.3) is 0 Å². The van der Waals surface area contributed by atoms with Gasteiger partial charge in [0, 0.05) is 31.1 Å². The van der Waals surface area contributed by atoms with Crippen molar-refractivity contribution in [3.05, 3.63) is 16.1 Å². The van der Waals surface area contributed by atoms with Crippen molar-refractivity contribution >= 4 is 11.3 Å². The molecule has 1 fully saturated rings. The number of rotatable bonds is 5. The Morgan fingerprint density at radius 3 is 2.56 bits per heavy atom. The van der Waals surface area contributed by atoms with Crippen molar-refractivity contribution in [3.63, 3.8) is 0 Å². The van der Waals surface area contributed by atoms with Gasteiger partial charge in [-0.1, -0.05) is 0 Å². The maximum absolute atomic E-state index is 8.97. The lowest BCUT2D eigenvalue weighted by Gasteiger charge is -2.20. The molecular weight excluding hydrogens is 246 g/mol. The Morgan fingerprint density at radius 2 is 1.94 bits per heavy atom. The summed E-state index contributed by atoms with van der Waals surface area (Å²) in [7, 11) is 0. The van der Waals surface area contributed by atoms with E-state index in [1.165, 1.54) is 23.5 Å². The highest BCUT2D eigenvalue weighted by Gasteiger charge is 2.14. The first-order valence-corrected chi connectivity index (χ1v) is 7.62. The number of aliphatic hydroxyl groups is 1. The normalized spacial score (nSPS) is 19.0. The Hall–Kier alpha value is -0.490. The van der Waals surface area contributed by atoms with Gasteiger partial charge in [0.15, 0.2) is 0 Å². The third kappa shape index (κ3) is 4.02. The van der Waals surface area contributed by atoms with E-state index in [0.717, 1.165) is 39.1 Å². The predicted octanol–water partition coefficient (Wildman–Crippen LogP) is 0.994. The molecule has 1 aromatic heterocycles. The number of aromatic nitrogens is 1. The highest BCUT2D eigenvalue weighted by molar-refractivity contribution is 7.09. The van der Waals surface area contributed by atoms with Crippen LogP contribution >= 0.6 is 11.3 Å². The van der Waals surface area contributed by atoms with E-state index < -0.39 is 0 Å². The minimum atomic E-state index is 0.278. The van der Waals surface area contributed by atoms with Crippen LogP contribution in [-0.2, 0) is 6.42 Å². The monoisotopic (exact) mass is 269 g/mol. The van der Waals surface area contributed by atoms with Crippen LogP contribution in [-0.4, -0.2) is 65.8 Å². The van der Waals surface area contributed by atoms with Gasteiger partial charge >= 0.3 is 0 Å². The fourth-order valence-electron chi connectivity index (χ4n) is 2.44. The summed E-state index contributed by atoms with van der Waals surface area (Å²) in [5, 5.41) is 8.97. The largest absolute Gasteiger partial charge is 0.395 e. The van der Waals surface area contributed by atoms with Gasteiger partial charge in [-0.15, -0.1) is 11.3 Å². The Kier molecular flexibility index (Phi) is 5.56. The topological polar surface area (TPSA) is 39.6 Å². The summed E-state index contributed by atoms with van der Waals surface area (Å²) >= 11 is 1.77. The van der Waals surface area contributed by atoms with E-state index in [-0.39, 0.29) is 6.61 Å². The minimum Gasteiger partial charge on any atom is -0.395 e. The number of aliphatic hydroxyl groups excluding tert-OH is 1. The van der Waals surface area contributed by atoms with Gasteiger partial charge in [-0.2, -0.15) is 0 Å². The van der Waals surface area contributed by atoms with Crippen LogP contribution in [0.3, 0.4) is 0 Å². The lowest BCUT2D eigenvalue weighted by molar-refractivity contribution is 0.197. The summed E-state index contributed by atoms with van der Waals surface area (Å²) in [5.41, 5.74) is 3.13. The summed E-state index contributed by atoms with van der Waals surface area (Å²) < 4.78 is 0. The van der Waals surface area contributed by atoms with E-state index >= 15 is 0 Å². The standard InChI is InChI=1S/C13H23N3OS/c1-12-13(18-11-14-12)3-6-15-4-2-5-16(8-7-15)9-10-17/h11,17H,2-10H2,1H3. The average Bonchev–Trinajstić information content (AvgIpc) is 2.63. The van der Waals surface area contributed by atoms with Crippen LogP contribution in [0, 0.1) is 6.92 Å². The first-order valence-electron chi connectivity index (χ1n) is 6.74. The second kappa shape index (κ2) is 7.19. The molecule has 0 bridgehead atoms. The highest BCUT2D eigenvalue weighted by atomic mass is 32.1. The average molecular weight is 269 g/mol. The van der Waals surface area contributed by atoms with Crippen molar-refractivity contribution < 1.29 is 5.11 Å². The molecule has 0 spiro atoms. The first-order chi connectivity index (χ1) is 8.79. The summed E-state index contributed by atoms with van der Waals surface area (Å²) in [5.74, 6) is 0. The van der Waals surface area contributed by atoms with E-state index in [0.29, 0.717) is 0 Å². The van der Waals surface area contributed by atoms with Gasteiger partial charge in [-0.05, 0) is 32.9 Å². The molecule has 0 aliphatic carbocycles. The fourth-order valence-corrected chi connectivity index (χ4v) is 3.21. The van der Waals surface area contributed by atoms with Gasteiger partial charge in [0.1, 0.15) is 0 Å². The van der Waals surface area contributed by atoms with E-state index in [4.69, 9.17) is 5.11 Å². The van der Waals surface area contributed by atoms with Crippen LogP contribution in [0.4, 0.5) is 0 Å². The lowest BCUT2D eigenvalue weighted by Crippen LogP contribution is -2.33. The van der Waals surface area contributed by atoms with E-state index in [9.17, 15) is 0 Å². The number of β-amino-alcohol motifs (C(OH)–C–C–N with tert-alkyl or cyclic N) is 1. The molecule has 1 aromatic rings. The van der Waals surface area contributed by atoms with Gasteiger partial charge in [0.05, 0.1) is 17.8 Å². The third-order valence-electron chi connectivity index (χ3n) is 3.60. The molecule has 2 heterocycles. The minimum absolute atomic E-state index is 0.278. The molecule has 0 amide bonds. The van der Waals surface area contributed by atoms with E-state index in [1.807, 2.05) is 5.51 Å². The molecule has 1 aliphatic rings. The smallest absolute Gasteiger partial charge is 0.0797 e. The molecule has 0 unspecified atom stereocenters. The number of hydrogen-bond acceptors (Lipinski definition) is 5. The molecule has 102 valence electrons. The Bertz CT molecular complexity index is 356. The van der Waals surface area contributed by atoms with Gasteiger partial charge < -0.3 is 10.0 Å². The Labute approximate surface area is 113 Å². The van der Waals surface area contributed by atoms with Crippen LogP contribution in [0.15, 0.2) is 5.51 Å². The molecular formula is C13H23N3OS. The number of aryl methyl sites for hydroxylation is 1. The molecule has 0 radical (unpaired) electrons. The van der Waals surface area contributed by atoms with Crippen molar-refractivity contribution in [3.8, 4) is 0 Å². The maximum atomic E-state index is 8.97. The zero-order valence-corrected chi connectivity index (χ0v) is 12.0. The Balaban J connectivity index is 1.75. The van der Waals surface area contributed by atoms with Crippen molar-refractivity contribution in [2.75, 3.05) is 45.9 Å². The number of hydrogen-bond donors (Lipinski definition) is 1. The molecule has 18 heavy (non-hydrogen) atoms. The number of nitrogens with zero attached hydrogens (tertiary/aromatic N) is 3. The van der Waals surface area contributed by atoms with Crippen molar-refractivity contribution in [1.29, 1.82) is 0 Å². The van der Waals surface area contributed by atoms with Crippen LogP contribution in [0.1, 0.15) is 17.0 Å². The summed E-state index contributed by atoms with van der Waals surface area (Å²) in [6.45, 7) is 8.84. The molecule has 4 nitrogen and oxygen atoms in total. The van der Waals surface area contributed by atoms with Gasteiger partial charge in [-0.25, -0.2) is 4.98 Å². The lowest BCUT2D eigenvalue weighted by atomic mass is 10.3. The zero-order chi connectivity index (χ0) is 12.8. The molecule has 1 N–H and O–H groups in total. The molecule has 0 atom stereocenters. The van der Waals surface area contributed by atoms with Crippen molar-refractivity contribution in [2.24, 2.45) is 0 Å². The molecule has 0 saturated carbocycles. The first kappa shape index (κ1) is 13.9. The SMILES string of the molecule is Cc1ncsc1CCN1CCCN(CCO)CC1. The fraction of sp³-hybridized carbons (Fsp3) is 0.769. The zero-order valence-electron chi connectivity index (χ0n) is 11.1. The highest BCUT2D eigenvalue weighted by Crippen LogP contribution is 2.13. The predicted molar refractivity (Wildman–Crippen MR) is 75.1 cm³/mol. The second-order valence-corrected chi connectivity index (χ2v) is 5.81. The van der Waals surface area contributed by atoms with Crippen molar-refractivity contribution in [2.45, 2.75) is 19.8 Å². The summed E-state index contributed by atoms with van der Waals surface area (Å²) in [6.07, 6.45) is 2.33. The maximum Gasteiger partial charge on any atom is 0.0797 e. The van der Waals surface area contributed by atoms with E-state index in [2.05, 4.69) is 21.7 Å². The second-order valence-electron chi connectivity index (χ2n) is 4.87. The third-order valence-corrected chi connectivity index (χ3v) is 4.59. The summed E-state index contributed by atoms with van der Waals surface area (Å²) in [4.78, 5) is 10.6. The van der Waals surface area contributed by atoms with E-state index in [1.54, 1.807) is 11.3 Å². The van der Waals surface area contributed by atoms with Gasteiger partial charge in [0.2, 0.25) is 0 Å². The molecule has 5 heteroatoms. The Morgan fingerprint density at radius 1 is 1.22 bits per heavy atom. The molecule has 1 saturated heterocycles. The number of thiazole rings is 1. The van der Waals surface area contributed by atoms with Crippen LogP contribution < -0.4 is 0 Å². The van der Waals surface area contributed by atoms with Gasteiger partial charge in [0.25, 0.3) is 0 Å². The van der Waals surface area contributed by atoms with Gasteiger partial charge in [-0.3, -0.25) is 4.90 Å². The van der Waals surface area contributed by atoms with Crippen molar-refractivity contribution in [1.82, 2.24) is 14.8 Å². The molecule has 1 aliphatic heterocycles. The van der Waals surface area contributed by atoms with Crippen LogP contribution in [0.2, 0.25) is 0 Å². The molecule has 2 rings (SSSR count). The quantitative estimate of drug-likeness (QED) is 0.865. The summed E-state index contributed by atoms with van der Waals surface area (Å²) in [6, 6.07) is 0. The molecule has 0 aromatic carbocycles.